The van der Waals surface area contributed by atoms with E-state index in [1.165, 1.54) is 43.5 Å². The summed E-state index contributed by atoms with van der Waals surface area (Å²) in [5, 5.41) is 5.00. The van der Waals surface area contributed by atoms with Gasteiger partial charge in [0.05, 0.1) is 17.1 Å². The largest absolute Gasteiger partial charge is 0.462 e. The SMILES string of the molecule is NS(=O)(=O)c1ccc(C(=O)OCCCN2CCCCC2)cc1. The van der Waals surface area contributed by atoms with Crippen molar-refractivity contribution in [3.63, 3.8) is 0 Å². The highest BCUT2D eigenvalue weighted by atomic mass is 32.2. The average molecular weight is 326 g/mol. The van der Waals surface area contributed by atoms with Crippen molar-refractivity contribution in [2.45, 2.75) is 30.6 Å². The molecule has 0 radical (unpaired) electrons. The van der Waals surface area contributed by atoms with E-state index >= 15 is 0 Å². The number of esters is 1. The first kappa shape index (κ1) is 16.9. The highest BCUT2D eigenvalue weighted by Crippen LogP contribution is 2.11. The quantitative estimate of drug-likeness (QED) is 0.630. The van der Waals surface area contributed by atoms with Crippen LogP contribution in [0.2, 0.25) is 0 Å². The van der Waals surface area contributed by atoms with Crippen molar-refractivity contribution in [2.24, 2.45) is 5.14 Å². The minimum absolute atomic E-state index is 0.0193. The van der Waals surface area contributed by atoms with E-state index in [1.54, 1.807) is 0 Å². The lowest BCUT2D eigenvalue weighted by molar-refractivity contribution is 0.0485. The van der Waals surface area contributed by atoms with E-state index in [0.717, 1.165) is 26.1 Å². The fraction of sp³-hybridized carbons (Fsp3) is 0.533. The predicted octanol–water partition coefficient (Wildman–Crippen LogP) is 1.37. The van der Waals surface area contributed by atoms with Crippen LogP contribution >= 0.6 is 0 Å². The maximum Gasteiger partial charge on any atom is 0.338 e. The summed E-state index contributed by atoms with van der Waals surface area (Å²) in [4.78, 5) is 14.2. The van der Waals surface area contributed by atoms with Crippen molar-refractivity contribution >= 4 is 16.0 Å². The minimum atomic E-state index is -3.74. The lowest BCUT2D eigenvalue weighted by Crippen LogP contribution is -2.31. The number of carbonyl (C=O) groups excluding carboxylic acids is 1. The normalized spacial score (nSPS) is 16.4. The van der Waals surface area contributed by atoms with Crippen LogP contribution < -0.4 is 5.14 Å². The third-order valence-corrected chi connectivity index (χ3v) is 4.65. The summed E-state index contributed by atoms with van der Waals surface area (Å²) < 4.78 is 27.5. The number of ether oxygens (including phenoxy) is 1. The molecule has 122 valence electrons. The van der Waals surface area contributed by atoms with E-state index < -0.39 is 16.0 Å². The molecule has 22 heavy (non-hydrogen) atoms. The molecule has 7 heteroatoms. The average Bonchev–Trinajstić information content (AvgIpc) is 2.52. The molecule has 1 aromatic rings. The Bertz CT molecular complexity index is 592. The van der Waals surface area contributed by atoms with Gasteiger partial charge in [0.2, 0.25) is 10.0 Å². The molecule has 1 aromatic carbocycles. The minimum Gasteiger partial charge on any atom is -0.462 e. The van der Waals surface area contributed by atoms with Gasteiger partial charge in [0.25, 0.3) is 0 Å². The number of likely N-dealkylation sites (tertiary alicyclic amines) is 1. The summed E-state index contributed by atoms with van der Waals surface area (Å²) in [5.74, 6) is -0.445. The van der Waals surface area contributed by atoms with E-state index in [4.69, 9.17) is 9.88 Å². The number of piperidine rings is 1. The second-order valence-electron chi connectivity index (χ2n) is 5.46. The zero-order valence-electron chi connectivity index (χ0n) is 12.5. The summed E-state index contributed by atoms with van der Waals surface area (Å²) in [5.41, 5.74) is 0.324. The van der Waals surface area contributed by atoms with Crippen LogP contribution in [0.3, 0.4) is 0 Å². The van der Waals surface area contributed by atoms with Gasteiger partial charge in [-0.05, 0) is 56.6 Å². The highest BCUT2D eigenvalue weighted by Gasteiger charge is 2.12. The Balaban J connectivity index is 1.75. The number of carbonyl (C=O) groups is 1. The molecular formula is C15H22N2O4S. The molecule has 1 saturated heterocycles. The molecule has 0 aliphatic carbocycles. The number of benzene rings is 1. The van der Waals surface area contributed by atoms with Crippen LogP contribution in [0, 0.1) is 0 Å². The molecule has 0 spiro atoms. The molecule has 1 heterocycles. The molecule has 0 atom stereocenters. The first-order chi connectivity index (χ1) is 10.5. The highest BCUT2D eigenvalue weighted by molar-refractivity contribution is 7.89. The molecule has 1 aliphatic rings. The second kappa shape index (κ2) is 7.71. The van der Waals surface area contributed by atoms with Crippen molar-refractivity contribution in [3.05, 3.63) is 29.8 Å². The van der Waals surface area contributed by atoms with Gasteiger partial charge in [-0.25, -0.2) is 18.4 Å². The van der Waals surface area contributed by atoms with Gasteiger partial charge in [-0.3, -0.25) is 0 Å². The van der Waals surface area contributed by atoms with Gasteiger partial charge in [-0.2, -0.15) is 0 Å². The van der Waals surface area contributed by atoms with E-state index in [0.29, 0.717) is 12.2 Å². The third kappa shape index (κ3) is 5.08. The van der Waals surface area contributed by atoms with Crippen LogP contribution in [-0.2, 0) is 14.8 Å². The molecule has 0 unspecified atom stereocenters. The van der Waals surface area contributed by atoms with Crippen molar-refractivity contribution in [2.75, 3.05) is 26.2 Å². The molecule has 2 rings (SSSR count). The fourth-order valence-corrected chi connectivity index (χ4v) is 3.02. The maximum absolute atomic E-state index is 11.8. The van der Waals surface area contributed by atoms with Gasteiger partial charge in [0, 0.05) is 6.54 Å². The van der Waals surface area contributed by atoms with Crippen LogP contribution in [0.15, 0.2) is 29.2 Å². The summed E-state index contributed by atoms with van der Waals surface area (Å²) >= 11 is 0. The lowest BCUT2D eigenvalue weighted by atomic mass is 10.1. The van der Waals surface area contributed by atoms with Crippen LogP contribution in [-0.4, -0.2) is 45.5 Å². The van der Waals surface area contributed by atoms with Crippen molar-refractivity contribution < 1.29 is 17.9 Å². The number of hydrogen-bond acceptors (Lipinski definition) is 5. The smallest absolute Gasteiger partial charge is 0.338 e. The van der Waals surface area contributed by atoms with E-state index in [9.17, 15) is 13.2 Å². The first-order valence-corrected chi connectivity index (χ1v) is 9.04. The Labute approximate surface area is 131 Å². The zero-order valence-corrected chi connectivity index (χ0v) is 13.3. The number of nitrogens with two attached hydrogens (primary N) is 1. The Morgan fingerprint density at radius 3 is 2.36 bits per heavy atom. The van der Waals surface area contributed by atoms with Gasteiger partial charge in [0.1, 0.15) is 0 Å². The Kier molecular flexibility index (Phi) is 5.93. The van der Waals surface area contributed by atoms with Crippen molar-refractivity contribution in [1.29, 1.82) is 0 Å². The molecule has 1 fully saturated rings. The van der Waals surface area contributed by atoms with Crippen LogP contribution in [0.4, 0.5) is 0 Å². The van der Waals surface area contributed by atoms with Gasteiger partial charge >= 0.3 is 5.97 Å². The lowest BCUT2D eigenvalue weighted by Gasteiger charge is -2.26. The molecule has 0 saturated carbocycles. The van der Waals surface area contributed by atoms with E-state index in [-0.39, 0.29) is 4.90 Å². The third-order valence-electron chi connectivity index (χ3n) is 3.72. The Hall–Kier alpha value is -1.44. The van der Waals surface area contributed by atoms with Gasteiger partial charge < -0.3 is 9.64 Å². The van der Waals surface area contributed by atoms with Crippen LogP contribution in [0.25, 0.3) is 0 Å². The van der Waals surface area contributed by atoms with Crippen LogP contribution in [0.5, 0.6) is 0 Å². The molecular weight excluding hydrogens is 304 g/mol. The number of primary sulfonamides is 1. The topological polar surface area (TPSA) is 89.7 Å². The van der Waals surface area contributed by atoms with Crippen LogP contribution in [0.1, 0.15) is 36.0 Å². The second-order valence-corrected chi connectivity index (χ2v) is 7.02. The summed E-state index contributed by atoms with van der Waals surface area (Å²) in [6.07, 6.45) is 4.60. The van der Waals surface area contributed by atoms with Gasteiger partial charge in [-0.15, -0.1) is 0 Å². The van der Waals surface area contributed by atoms with Gasteiger partial charge in [0.15, 0.2) is 0 Å². The Morgan fingerprint density at radius 2 is 1.77 bits per heavy atom. The summed E-state index contributed by atoms with van der Waals surface area (Å²) in [6, 6.07) is 5.43. The number of rotatable bonds is 6. The van der Waals surface area contributed by atoms with Gasteiger partial charge in [-0.1, -0.05) is 6.42 Å². The molecule has 0 amide bonds. The number of nitrogens with zero attached hydrogens (tertiary/aromatic N) is 1. The molecule has 6 nitrogen and oxygen atoms in total. The monoisotopic (exact) mass is 326 g/mol. The fourth-order valence-electron chi connectivity index (χ4n) is 2.50. The number of sulfonamides is 1. The molecule has 1 aliphatic heterocycles. The maximum atomic E-state index is 11.8. The molecule has 0 bridgehead atoms. The zero-order chi connectivity index (χ0) is 16.0. The summed E-state index contributed by atoms with van der Waals surface area (Å²) in [6.45, 7) is 3.57. The predicted molar refractivity (Wildman–Crippen MR) is 83.0 cm³/mol. The van der Waals surface area contributed by atoms with Crippen molar-refractivity contribution in [3.8, 4) is 0 Å². The van der Waals surface area contributed by atoms with E-state index in [1.807, 2.05) is 0 Å². The van der Waals surface area contributed by atoms with E-state index in [2.05, 4.69) is 4.90 Å². The molecule has 0 aromatic heterocycles. The number of hydrogen-bond donors (Lipinski definition) is 1. The molecule has 2 N–H and O–H groups in total. The Morgan fingerprint density at radius 1 is 1.14 bits per heavy atom. The summed E-state index contributed by atoms with van der Waals surface area (Å²) in [7, 11) is -3.74. The van der Waals surface area contributed by atoms with Crippen molar-refractivity contribution in [1.82, 2.24) is 4.90 Å². The standard InChI is InChI=1S/C15H22N2O4S/c16-22(19,20)14-7-5-13(6-8-14)15(18)21-12-4-11-17-9-2-1-3-10-17/h5-8H,1-4,9-12H2,(H2,16,19,20). The first-order valence-electron chi connectivity index (χ1n) is 7.49.